The van der Waals surface area contributed by atoms with Crippen molar-refractivity contribution in [1.29, 1.82) is 0 Å². The molecular weight excluding hydrogens is 270 g/mol. The molecule has 0 aliphatic carbocycles. The van der Waals surface area contributed by atoms with E-state index in [4.69, 9.17) is 0 Å². The summed E-state index contributed by atoms with van der Waals surface area (Å²) < 4.78 is 0. The molecule has 1 aliphatic rings. The number of carbonyl (C=O) groups excluding carboxylic acids is 2. The Kier molecular flexibility index (Phi) is 4.96. The number of halogens is 1. The Morgan fingerprint density at radius 2 is 1.81 bits per heavy atom. The molecule has 1 unspecified atom stereocenters. The van der Waals surface area contributed by atoms with Gasteiger partial charge < -0.3 is 0 Å². The van der Waals surface area contributed by atoms with E-state index in [0.717, 1.165) is 5.33 Å². The third kappa shape index (κ3) is 3.30. The van der Waals surface area contributed by atoms with Gasteiger partial charge in [-0.05, 0) is 17.8 Å². The standard InChI is InChI=1S/C12H20BrNO2/c1-8(2)10(6-13)7-14-11(15)4-9(3)5-12(14)16/h8-10H,4-7H2,1-3H3. The number of rotatable bonds is 4. The Morgan fingerprint density at radius 3 is 2.19 bits per heavy atom. The van der Waals surface area contributed by atoms with Crippen LogP contribution in [0, 0.1) is 17.8 Å². The average molecular weight is 290 g/mol. The molecule has 0 N–H and O–H groups in total. The minimum absolute atomic E-state index is 0.00431. The van der Waals surface area contributed by atoms with Crippen LogP contribution in [0.25, 0.3) is 0 Å². The van der Waals surface area contributed by atoms with Gasteiger partial charge in [0.05, 0.1) is 0 Å². The van der Waals surface area contributed by atoms with Crippen molar-refractivity contribution in [3.63, 3.8) is 0 Å². The molecule has 0 aromatic carbocycles. The van der Waals surface area contributed by atoms with Gasteiger partial charge in [0, 0.05) is 24.7 Å². The van der Waals surface area contributed by atoms with E-state index in [0.29, 0.717) is 31.2 Å². The van der Waals surface area contributed by atoms with E-state index >= 15 is 0 Å². The summed E-state index contributed by atoms with van der Waals surface area (Å²) in [5.74, 6) is 1.02. The van der Waals surface area contributed by atoms with Crippen LogP contribution in [0.1, 0.15) is 33.6 Å². The van der Waals surface area contributed by atoms with Gasteiger partial charge in [-0.25, -0.2) is 0 Å². The smallest absolute Gasteiger partial charge is 0.229 e. The molecule has 3 nitrogen and oxygen atoms in total. The summed E-state index contributed by atoms with van der Waals surface area (Å²) in [6.45, 7) is 6.76. The van der Waals surface area contributed by atoms with Gasteiger partial charge in [0.25, 0.3) is 0 Å². The summed E-state index contributed by atoms with van der Waals surface area (Å²) in [6, 6.07) is 0. The Morgan fingerprint density at radius 1 is 1.31 bits per heavy atom. The second-order valence-electron chi connectivity index (χ2n) is 5.07. The van der Waals surface area contributed by atoms with Crippen molar-refractivity contribution in [3.05, 3.63) is 0 Å². The topological polar surface area (TPSA) is 37.4 Å². The number of nitrogens with zero attached hydrogens (tertiary/aromatic N) is 1. The van der Waals surface area contributed by atoms with Crippen molar-refractivity contribution >= 4 is 27.7 Å². The van der Waals surface area contributed by atoms with Crippen molar-refractivity contribution in [2.75, 3.05) is 11.9 Å². The van der Waals surface area contributed by atoms with Crippen LogP contribution in [0.15, 0.2) is 0 Å². The maximum absolute atomic E-state index is 11.8. The zero-order valence-corrected chi connectivity index (χ0v) is 11.8. The highest BCUT2D eigenvalue weighted by Crippen LogP contribution is 2.22. The maximum atomic E-state index is 11.8. The summed E-state index contributed by atoms with van der Waals surface area (Å²) in [7, 11) is 0. The Labute approximate surface area is 106 Å². The molecule has 1 aliphatic heterocycles. The van der Waals surface area contributed by atoms with E-state index < -0.39 is 0 Å². The van der Waals surface area contributed by atoms with Crippen LogP contribution < -0.4 is 0 Å². The van der Waals surface area contributed by atoms with Crippen LogP contribution in [0.4, 0.5) is 0 Å². The predicted octanol–water partition coefficient (Wildman–Crippen LogP) is 2.44. The Bertz CT molecular complexity index is 260. The third-order valence-corrected chi connectivity index (χ3v) is 4.04. The van der Waals surface area contributed by atoms with Gasteiger partial charge in [0.2, 0.25) is 11.8 Å². The van der Waals surface area contributed by atoms with Crippen molar-refractivity contribution < 1.29 is 9.59 Å². The second kappa shape index (κ2) is 5.80. The minimum atomic E-state index is -0.00431. The van der Waals surface area contributed by atoms with Crippen molar-refractivity contribution in [3.8, 4) is 0 Å². The molecule has 1 fully saturated rings. The normalized spacial score (nSPS) is 20.7. The van der Waals surface area contributed by atoms with Crippen LogP contribution in [-0.4, -0.2) is 28.6 Å². The van der Waals surface area contributed by atoms with Crippen molar-refractivity contribution in [2.24, 2.45) is 17.8 Å². The largest absolute Gasteiger partial charge is 0.282 e. The predicted molar refractivity (Wildman–Crippen MR) is 67.2 cm³/mol. The summed E-state index contributed by atoms with van der Waals surface area (Å²) in [4.78, 5) is 25.0. The molecule has 0 saturated carbocycles. The lowest BCUT2D eigenvalue weighted by molar-refractivity contribution is -0.150. The first-order valence-electron chi connectivity index (χ1n) is 5.84. The quantitative estimate of drug-likeness (QED) is 0.589. The fourth-order valence-corrected chi connectivity index (χ4v) is 2.86. The van der Waals surface area contributed by atoms with E-state index in [1.807, 2.05) is 6.92 Å². The van der Waals surface area contributed by atoms with Gasteiger partial charge in [0.1, 0.15) is 0 Å². The van der Waals surface area contributed by atoms with Crippen molar-refractivity contribution in [1.82, 2.24) is 4.90 Å². The van der Waals surface area contributed by atoms with Crippen LogP contribution >= 0.6 is 15.9 Å². The van der Waals surface area contributed by atoms with Gasteiger partial charge >= 0.3 is 0 Å². The molecule has 0 aromatic rings. The monoisotopic (exact) mass is 289 g/mol. The molecule has 0 radical (unpaired) electrons. The molecule has 0 bridgehead atoms. The van der Waals surface area contributed by atoms with Crippen LogP contribution in [0.3, 0.4) is 0 Å². The minimum Gasteiger partial charge on any atom is -0.282 e. The first-order chi connectivity index (χ1) is 7.45. The molecular formula is C12H20BrNO2. The summed E-state index contributed by atoms with van der Waals surface area (Å²) in [5.41, 5.74) is 0. The highest BCUT2D eigenvalue weighted by atomic mass is 79.9. The number of likely N-dealkylation sites (tertiary alicyclic amines) is 1. The fourth-order valence-electron chi connectivity index (χ4n) is 1.90. The Balaban J connectivity index is 2.65. The molecule has 0 spiro atoms. The molecule has 92 valence electrons. The van der Waals surface area contributed by atoms with Crippen LogP contribution in [0.2, 0.25) is 0 Å². The first-order valence-corrected chi connectivity index (χ1v) is 6.97. The molecule has 1 heterocycles. The number of hydrogen-bond donors (Lipinski definition) is 0. The van der Waals surface area contributed by atoms with Crippen LogP contribution in [0.5, 0.6) is 0 Å². The van der Waals surface area contributed by atoms with Gasteiger partial charge in [-0.15, -0.1) is 0 Å². The molecule has 1 atom stereocenters. The number of imide groups is 1. The molecule has 1 rings (SSSR count). The molecule has 2 amide bonds. The lowest BCUT2D eigenvalue weighted by Gasteiger charge is -2.32. The van der Waals surface area contributed by atoms with E-state index in [1.165, 1.54) is 4.90 Å². The highest BCUT2D eigenvalue weighted by Gasteiger charge is 2.32. The molecule has 16 heavy (non-hydrogen) atoms. The summed E-state index contributed by atoms with van der Waals surface area (Å²) in [5, 5.41) is 0.831. The molecule has 4 heteroatoms. The first kappa shape index (κ1) is 13.7. The van der Waals surface area contributed by atoms with E-state index in [-0.39, 0.29) is 17.7 Å². The lowest BCUT2D eigenvalue weighted by Crippen LogP contribution is -2.46. The molecule has 0 aromatic heterocycles. The lowest BCUT2D eigenvalue weighted by atomic mass is 9.93. The van der Waals surface area contributed by atoms with E-state index in [9.17, 15) is 9.59 Å². The number of hydrogen-bond acceptors (Lipinski definition) is 2. The van der Waals surface area contributed by atoms with Gasteiger partial charge in [0.15, 0.2) is 0 Å². The average Bonchev–Trinajstić information content (AvgIpc) is 2.15. The molecule has 1 saturated heterocycles. The third-order valence-electron chi connectivity index (χ3n) is 3.21. The maximum Gasteiger partial charge on any atom is 0.229 e. The summed E-state index contributed by atoms with van der Waals surface area (Å²) in [6.07, 6.45) is 1.03. The van der Waals surface area contributed by atoms with Gasteiger partial charge in [-0.2, -0.15) is 0 Å². The second-order valence-corrected chi connectivity index (χ2v) is 5.72. The number of alkyl halides is 1. The number of piperidine rings is 1. The number of carbonyl (C=O) groups is 2. The summed E-state index contributed by atoms with van der Waals surface area (Å²) >= 11 is 3.45. The van der Waals surface area contributed by atoms with E-state index in [1.54, 1.807) is 0 Å². The zero-order valence-electron chi connectivity index (χ0n) is 10.2. The van der Waals surface area contributed by atoms with Gasteiger partial charge in [-0.3, -0.25) is 14.5 Å². The highest BCUT2D eigenvalue weighted by molar-refractivity contribution is 9.09. The van der Waals surface area contributed by atoms with Crippen molar-refractivity contribution in [2.45, 2.75) is 33.6 Å². The fraction of sp³-hybridized carbons (Fsp3) is 0.833. The SMILES string of the molecule is CC1CC(=O)N(CC(CBr)C(C)C)C(=O)C1. The van der Waals surface area contributed by atoms with E-state index in [2.05, 4.69) is 29.8 Å². The number of amides is 2. The zero-order chi connectivity index (χ0) is 12.3. The Hall–Kier alpha value is -0.380. The van der Waals surface area contributed by atoms with Crippen LogP contribution in [-0.2, 0) is 9.59 Å². The van der Waals surface area contributed by atoms with Gasteiger partial charge in [-0.1, -0.05) is 36.7 Å².